The van der Waals surface area contributed by atoms with Crippen molar-refractivity contribution in [1.82, 2.24) is 9.55 Å². The molecular weight excluding hydrogens is 777 g/mol. The fourth-order valence-corrected chi connectivity index (χ4v) is 9.95. The number of anilines is 4. The fourth-order valence-electron chi connectivity index (χ4n) is 9.95. The third kappa shape index (κ3) is 6.57. The molecule has 8 aromatic carbocycles. The second-order valence-electron chi connectivity index (χ2n) is 18.1. The van der Waals surface area contributed by atoms with Crippen molar-refractivity contribution in [2.45, 2.75) is 38.5 Å². The molecule has 64 heavy (non-hydrogen) atoms. The van der Waals surface area contributed by atoms with Crippen LogP contribution < -0.4 is 9.80 Å². The van der Waals surface area contributed by atoms with E-state index in [-0.39, 0.29) is 10.8 Å². The van der Waals surface area contributed by atoms with E-state index in [0.717, 1.165) is 22.5 Å². The minimum atomic E-state index is -0.324. The Morgan fingerprint density at radius 1 is 0.406 bits per heavy atom. The standard InChI is InChI=1S/C60H50N4/c1-59(2,44-24-12-7-13-25-44)47-36-37-61-57(40-47)64-53-31-15-14-28-51(53)52-35-34-46(39-56(52)64)60(3,4)45-26-18-27-48(38-45)62-41-63(55-33-17-16-32-54(55)62)58-49(42-20-8-5-9-21-42)29-19-30-50(58)43-22-10-6-11-23-43/h5-40H,41H2,1-4H3. The van der Waals surface area contributed by atoms with Gasteiger partial charge in [-0.15, -0.1) is 0 Å². The smallest absolute Gasteiger partial charge is 0.137 e. The van der Waals surface area contributed by atoms with E-state index >= 15 is 0 Å². The highest BCUT2D eigenvalue weighted by molar-refractivity contribution is 6.09. The number of aromatic nitrogens is 2. The average molecular weight is 827 g/mol. The third-order valence-electron chi connectivity index (χ3n) is 13.7. The first kappa shape index (κ1) is 39.2. The molecule has 0 fully saturated rings. The largest absolute Gasteiger partial charge is 0.321 e. The van der Waals surface area contributed by atoms with Crippen molar-refractivity contribution in [2.24, 2.45) is 0 Å². The van der Waals surface area contributed by atoms with Crippen LogP contribution in [-0.2, 0) is 10.8 Å². The summed E-state index contributed by atoms with van der Waals surface area (Å²) < 4.78 is 2.36. The van der Waals surface area contributed by atoms with Crippen LogP contribution >= 0.6 is 0 Å². The lowest BCUT2D eigenvalue weighted by molar-refractivity contribution is 0.638. The predicted octanol–water partition coefficient (Wildman–Crippen LogP) is 15.4. The lowest BCUT2D eigenvalue weighted by Crippen LogP contribution is -2.25. The van der Waals surface area contributed by atoms with Crippen LogP contribution in [-0.4, -0.2) is 16.2 Å². The summed E-state index contributed by atoms with van der Waals surface area (Å²) in [7, 11) is 0. The number of rotatable bonds is 9. The third-order valence-corrected chi connectivity index (χ3v) is 13.7. The van der Waals surface area contributed by atoms with Crippen LogP contribution in [0.2, 0.25) is 0 Å². The molecule has 0 amide bonds. The molecule has 4 nitrogen and oxygen atoms in total. The highest BCUT2D eigenvalue weighted by atomic mass is 15.4. The average Bonchev–Trinajstić information content (AvgIpc) is 3.91. The molecule has 2 aromatic heterocycles. The van der Waals surface area contributed by atoms with Gasteiger partial charge in [0.05, 0.1) is 28.1 Å². The maximum absolute atomic E-state index is 5.04. The maximum Gasteiger partial charge on any atom is 0.137 e. The molecule has 0 saturated carbocycles. The van der Waals surface area contributed by atoms with Crippen molar-refractivity contribution in [2.75, 3.05) is 16.5 Å². The van der Waals surface area contributed by atoms with Crippen molar-refractivity contribution in [3.05, 3.63) is 241 Å². The molecule has 0 aliphatic carbocycles. The summed E-state index contributed by atoms with van der Waals surface area (Å²) in [6.45, 7) is 9.98. The Morgan fingerprint density at radius 3 is 1.64 bits per heavy atom. The number of benzene rings is 8. The molecule has 0 atom stereocenters. The lowest BCUT2D eigenvalue weighted by Gasteiger charge is -2.29. The molecule has 0 spiro atoms. The van der Waals surface area contributed by atoms with Gasteiger partial charge in [0, 0.05) is 44.6 Å². The number of para-hydroxylation sites is 4. The van der Waals surface area contributed by atoms with E-state index in [1.807, 2.05) is 6.20 Å². The van der Waals surface area contributed by atoms with E-state index in [0.29, 0.717) is 6.67 Å². The molecular formula is C60H50N4. The summed E-state index contributed by atoms with van der Waals surface area (Å²) in [5.41, 5.74) is 16.4. The first-order chi connectivity index (χ1) is 31.3. The second-order valence-corrected chi connectivity index (χ2v) is 18.1. The minimum absolute atomic E-state index is 0.196. The van der Waals surface area contributed by atoms with Gasteiger partial charge in [0.2, 0.25) is 0 Å². The monoisotopic (exact) mass is 826 g/mol. The lowest BCUT2D eigenvalue weighted by atomic mass is 9.77. The molecule has 4 heteroatoms. The minimum Gasteiger partial charge on any atom is -0.321 e. The molecule has 1 aliphatic rings. The zero-order chi connectivity index (χ0) is 43.4. The van der Waals surface area contributed by atoms with Crippen LogP contribution in [0.25, 0.3) is 49.9 Å². The quantitative estimate of drug-likeness (QED) is 0.145. The van der Waals surface area contributed by atoms with Gasteiger partial charge < -0.3 is 9.80 Å². The van der Waals surface area contributed by atoms with Crippen molar-refractivity contribution in [3.63, 3.8) is 0 Å². The van der Waals surface area contributed by atoms with Gasteiger partial charge >= 0.3 is 0 Å². The summed E-state index contributed by atoms with van der Waals surface area (Å²) in [6, 6.07) is 77.3. The Morgan fingerprint density at radius 2 is 0.938 bits per heavy atom. The molecule has 1 aliphatic heterocycles. The molecule has 0 radical (unpaired) electrons. The normalized spacial score (nSPS) is 12.9. The number of hydrogen-bond donors (Lipinski definition) is 0. The van der Waals surface area contributed by atoms with Crippen molar-refractivity contribution in [3.8, 4) is 28.1 Å². The van der Waals surface area contributed by atoms with Gasteiger partial charge in [-0.2, -0.15) is 0 Å². The Kier molecular flexibility index (Phi) is 9.54. The van der Waals surface area contributed by atoms with Gasteiger partial charge in [0.1, 0.15) is 12.5 Å². The molecule has 0 N–H and O–H groups in total. The first-order valence-corrected chi connectivity index (χ1v) is 22.3. The second kappa shape index (κ2) is 15.6. The van der Waals surface area contributed by atoms with Gasteiger partial charge in [-0.25, -0.2) is 4.98 Å². The number of nitrogens with zero attached hydrogens (tertiary/aromatic N) is 4. The number of pyridine rings is 1. The zero-order valence-corrected chi connectivity index (χ0v) is 36.8. The first-order valence-electron chi connectivity index (χ1n) is 22.3. The van der Waals surface area contributed by atoms with E-state index in [1.54, 1.807) is 0 Å². The van der Waals surface area contributed by atoms with E-state index in [9.17, 15) is 0 Å². The van der Waals surface area contributed by atoms with Crippen LogP contribution in [0, 0.1) is 0 Å². The van der Waals surface area contributed by atoms with Gasteiger partial charge in [0.15, 0.2) is 0 Å². The van der Waals surface area contributed by atoms with Crippen LogP contribution in [0.3, 0.4) is 0 Å². The SMILES string of the molecule is CC(C)(c1ccccc1)c1ccnc(-n2c3ccccc3c3ccc(C(C)(C)c4cccc(N5CN(c6c(-c7ccccc7)cccc6-c6ccccc6)c6ccccc65)c4)cc32)c1. The zero-order valence-electron chi connectivity index (χ0n) is 36.8. The van der Waals surface area contributed by atoms with E-state index < -0.39 is 0 Å². The van der Waals surface area contributed by atoms with Crippen LogP contribution in [0.1, 0.15) is 49.9 Å². The fraction of sp³-hybridized carbons (Fsp3) is 0.117. The van der Waals surface area contributed by atoms with Gasteiger partial charge in [0.25, 0.3) is 0 Å². The van der Waals surface area contributed by atoms with Gasteiger partial charge in [-0.05, 0) is 81.9 Å². The summed E-state index contributed by atoms with van der Waals surface area (Å²) in [5, 5.41) is 2.44. The van der Waals surface area contributed by atoms with Crippen molar-refractivity contribution < 1.29 is 0 Å². The Balaban J connectivity index is 0.995. The van der Waals surface area contributed by atoms with E-state index in [2.05, 4.69) is 254 Å². The van der Waals surface area contributed by atoms with Crippen LogP contribution in [0.4, 0.5) is 22.7 Å². The Labute approximate surface area is 376 Å². The topological polar surface area (TPSA) is 24.3 Å². The molecule has 0 unspecified atom stereocenters. The number of hydrogen-bond acceptors (Lipinski definition) is 3. The highest BCUT2D eigenvalue weighted by Gasteiger charge is 2.33. The van der Waals surface area contributed by atoms with Gasteiger partial charge in [-0.1, -0.05) is 191 Å². The molecule has 11 rings (SSSR count). The summed E-state index contributed by atoms with van der Waals surface area (Å²) in [5.74, 6) is 0.922. The molecule has 10 aromatic rings. The Hall–Kier alpha value is -7.69. The molecule has 310 valence electrons. The molecule has 0 bridgehead atoms. The van der Waals surface area contributed by atoms with E-state index in [1.165, 1.54) is 72.3 Å². The number of fused-ring (bicyclic) bond motifs is 4. The van der Waals surface area contributed by atoms with Crippen molar-refractivity contribution in [1.29, 1.82) is 0 Å². The molecule has 3 heterocycles. The van der Waals surface area contributed by atoms with Crippen LogP contribution in [0.5, 0.6) is 0 Å². The summed E-state index contributed by atoms with van der Waals surface area (Å²) >= 11 is 0. The van der Waals surface area contributed by atoms with Crippen LogP contribution in [0.15, 0.2) is 219 Å². The maximum atomic E-state index is 5.04. The molecule has 0 saturated heterocycles. The Bertz CT molecular complexity index is 3250. The van der Waals surface area contributed by atoms with Crippen molar-refractivity contribution >= 4 is 44.6 Å². The van der Waals surface area contributed by atoms with E-state index in [4.69, 9.17) is 4.98 Å². The summed E-state index contributed by atoms with van der Waals surface area (Å²) in [6.07, 6.45) is 1.97. The van der Waals surface area contributed by atoms with Gasteiger partial charge in [-0.3, -0.25) is 4.57 Å². The summed E-state index contributed by atoms with van der Waals surface area (Å²) in [4.78, 5) is 10.0. The highest BCUT2D eigenvalue weighted by Crippen LogP contribution is 2.50. The predicted molar refractivity (Wildman–Crippen MR) is 269 cm³/mol.